The third-order valence-electron chi connectivity index (χ3n) is 5.26. The summed E-state index contributed by atoms with van der Waals surface area (Å²) in [7, 11) is 0. The van der Waals surface area contributed by atoms with E-state index in [4.69, 9.17) is 9.84 Å². The minimum Gasteiger partial charge on any atom is -0.463 e. The van der Waals surface area contributed by atoms with Gasteiger partial charge >= 0.3 is 5.97 Å². The zero-order chi connectivity index (χ0) is 22.0. The van der Waals surface area contributed by atoms with Gasteiger partial charge in [0, 0.05) is 58.6 Å². The summed E-state index contributed by atoms with van der Waals surface area (Å²) in [6, 6.07) is 14.3. The molecule has 8 nitrogen and oxygen atoms in total. The lowest BCUT2D eigenvalue weighted by Crippen LogP contribution is -2.18. The number of non-ortho nitro benzene ring substituents is 1. The molecule has 0 amide bonds. The molecule has 4 rings (SSSR count). The average Bonchev–Trinajstić information content (AvgIpc) is 3.38. The molecule has 3 aromatic rings. The van der Waals surface area contributed by atoms with Crippen molar-refractivity contribution in [1.29, 1.82) is 0 Å². The van der Waals surface area contributed by atoms with Crippen molar-refractivity contribution in [3.05, 3.63) is 87.7 Å². The van der Waals surface area contributed by atoms with Crippen molar-refractivity contribution in [3.63, 3.8) is 0 Å². The molecule has 1 aromatic heterocycles. The van der Waals surface area contributed by atoms with E-state index in [-0.39, 0.29) is 18.3 Å². The summed E-state index contributed by atoms with van der Waals surface area (Å²) in [5, 5.41) is 18.8. The van der Waals surface area contributed by atoms with E-state index in [0.29, 0.717) is 17.7 Å². The number of H-pyrrole nitrogens is 1. The number of aromatic nitrogens is 1. The van der Waals surface area contributed by atoms with Crippen LogP contribution in [0.3, 0.4) is 0 Å². The summed E-state index contributed by atoms with van der Waals surface area (Å²) in [6.45, 7) is 3.85. The lowest BCUT2D eigenvalue weighted by atomic mass is 9.97. The number of hydrogen-bond donors (Lipinski definition) is 1. The normalized spacial score (nSPS) is 16.5. The second-order valence-electron chi connectivity index (χ2n) is 7.25. The van der Waals surface area contributed by atoms with Crippen molar-refractivity contribution in [3.8, 4) is 0 Å². The standard InChI is InChI=1S/C23H22N4O4/c1-3-31-23(28)11-15(2)26-22(19-14-24-20-10-5-4-9-18(19)20)13-21(25-26)16-7-6-8-17(12-16)27(29)30/h4-12,14,22,24H,3,13H2,1-2H3/b15-11+/t22-/m1/s1. The van der Waals surface area contributed by atoms with Crippen LogP contribution in [0.4, 0.5) is 5.69 Å². The average molecular weight is 418 g/mol. The van der Waals surface area contributed by atoms with Crippen LogP contribution in [0.2, 0.25) is 0 Å². The number of hydrazone groups is 1. The second-order valence-corrected chi connectivity index (χ2v) is 7.25. The van der Waals surface area contributed by atoms with E-state index in [9.17, 15) is 14.9 Å². The highest BCUT2D eigenvalue weighted by Gasteiger charge is 2.32. The molecule has 1 aliphatic rings. The van der Waals surface area contributed by atoms with Crippen molar-refractivity contribution < 1.29 is 14.5 Å². The molecule has 0 fully saturated rings. The van der Waals surface area contributed by atoms with Gasteiger partial charge < -0.3 is 9.72 Å². The largest absolute Gasteiger partial charge is 0.463 e. The number of nitrogens with zero attached hydrogens (tertiary/aromatic N) is 3. The highest BCUT2D eigenvalue weighted by molar-refractivity contribution is 6.03. The van der Waals surface area contributed by atoms with Crippen LogP contribution in [-0.2, 0) is 9.53 Å². The van der Waals surface area contributed by atoms with Crippen LogP contribution in [0.1, 0.15) is 37.4 Å². The third kappa shape index (κ3) is 4.05. The molecule has 0 saturated carbocycles. The van der Waals surface area contributed by atoms with Crippen LogP contribution < -0.4 is 0 Å². The number of nitrogens with one attached hydrogen (secondary N) is 1. The first-order valence-electron chi connectivity index (χ1n) is 10.0. The Balaban J connectivity index is 1.76. The molecular formula is C23H22N4O4. The molecule has 0 bridgehead atoms. The smallest absolute Gasteiger partial charge is 0.332 e. The number of hydrogen-bond acceptors (Lipinski definition) is 6. The fraction of sp³-hybridized carbons (Fsp3) is 0.217. The quantitative estimate of drug-likeness (QED) is 0.271. The van der Waals surface area contributed by atoms with Crippen molar-refractivity contribution in [1.82, 2.24) is 9.99 Å². The number of nitro benzene ring substituents is 1. The summed E-state index contributed by atoms with van der Waals surface area (Å²) >= 11 is 0. The Morgan fingerprint density at radius 1 is 1.32 bits per heavy atom. The van der Waals surface area contributed by atoms with E-state index in [1.54, 1.807) is 24.9 Å². The first-order valence-corrected chi connectivity index (χ1v) is 10.0. The first kappa shape index (κ1) is 20.3. The molecular weight excluding hydrogens is 396 g/mol. The predicted molar refractivity (Wildman–Crippen MR) is 118 cm³/mol. The number of ether oxygens (including phenoxy) is 1. The van der Waals surface area contributed by atoms with Gasteiger partial charge in [-0.2, -0.15) is 5.10 Å². The topological polar surface area (TPSA) is 101 Å². The maximum atomic E-state index is 12.0. The first-order chi connectivity index (χ1) is 15.0. The van der Waals surface area contributed by atoms with E-state index in [0.717, 1.165) is 22.2 Å². The van der Waals surface area contributed by atoms with Gasteiger partial charge in [-0.05, 0) is 19.9 Å². The summed E-state index contributed by atoms with van der Waals surface area (Å²) in [5.41, 5.74) is 4.10. The number of nitro groups is 1. The van der Waals surface area contributed by atoms with Crippen molar-refractivity contribution >= 4 is 28.3 Å². The maximum Gasteiger partial charge on any atom is 0.332 e. The molecule has 1 atom stereocenters. The fourth-order valence-corrected chi connectivity index (χ4v) is 3.84. The molecule has 158 valence electrons. The molecule has 2 aromatic carbocycles. The zero-order valence-corrected chi connectivity index (χ0v) is 17.2. The number of rotatable bonds is 6. The van der Waals surface area contributed by atoms with Gasteiger partial charge in [-0.25, -0.2) is 4.79 Å². The van der Waals surface area contributed by atoms with Crippen LogP contribution in [0.25, 0.3) is 10.9 Å². The van der Waals surface area contributed by atoms with Gasteiger partial charge in [0.05, 0.1) is 23.3 Å². The lowest BCUT2D eigenvalue weighted by Gasteiger charge is -2.23. The maximum absolute atomic E-state index is 12.0. The van der Waals surface area contributed by atoms with Gasteiger partial charge in [-0.1, -0.05) is 30.3 Å². The molecule has 8 heteroatoms. The Kier molecular flexibility index (Phi) is 5.53. The van der Waals surface area contributed by atoms with Crippen LogP contribution in [-0.4, -0.2) is 33.2 Å². The van der Waals surface area contributed by atoms with Gasteiger partial charge in [-0.15, -0.1) is 0 Å². The monoisotopic (exact) mass is 418 g/mol. The zero-order valence-electron chi connectivity index (χ0n) is 17.2. The molecule has 0 unspecified atom stereocenters. The van der Waals surface area contributed by atoms with Gasteiger partial charge in [0.25, 0.3) is 5.69 Å². The number of fused-ring (bicyclic) bond motifs is 1. The lowest BCUT2D eigenvalue weighted by molar-refractivity contribution is -0.384. The summed E-state index contributed by atoms with van der Waals surface area (Å²) < 4.78 is 5.05. The molecule has 0 radical (unpaired) electrons. The van der Waals surface area contributed by atoms with E-state index < -0.39 is 10.9 Å². The predicted octanol–water partition coefficient (Wildman–Crippen LogP) is 4.69. The molecule has 31 heavy (non-hydrogen) atoms. The summed E-state index contributed by atoms with van der Waals surface area (Å²) in [6.07, 6.45) is 3.91. The number of allylic oxidation sites excluding steroid dienone is 1. The fourth-order valence-electron chi connectivity index (χ4n) is 3.84. The van der Waals surface area contributed by atoms with E-state index in [2.05, 4.69) is 4.98 Å². The number of para-hydroxylation sites is 1. The Morgan fingerprint density at radius 3 is 2.90 bits per heavy atom. The molecule has 0 saturated heterocycles. The number of esters is 1. The number of benzene rings is 2. The minimum atomic E-state index is -0.434. The van der Waals surface area contributed by atoms with E-state index in [1.807, 2.05) is 36.5 Å². The van der Waals surface area contributed by atoms with Crippen molar-refractivity contribution in [2.45, 2.75) is 26.3 Å². The second kappa shape index (κ2) is 8.43. The van der Waals surface area contributed by atoms with Crippen molar-refractivity contribution in [2.75, 3.05) is 6.61 Å². The van der Waals surface area contributed by atoms with Crippen LogP contribution in [0.15, 0.2) is 71.6 Å². The number of carbonyl (C=O) groups excluding carboxylic acids is 1. The van der Waals surface area contributed by atoms with E-state index in [1.165, 1.54) is 18.2 Å². The van der Waals surface area contributed by atoms with Gasteiger partial charge in [0.15, 0.2) is 0 Å². The van der Waals surface area contributed by atoms with Gasteiger partial charge in [0.1, 0.15) is 0 Å². The molecule has 0 aliphatic carbocycles. The van der Waals surface area contributed by atoms with Crippen LogP contribution in [0, 0.1) is 10.1 Å². The Morgan fingerprint density at radius 2 is 2.13 bits per heavy atom. The summed E-state index contributed by atoms with van der Waals surface area (Å²) in [4.78, 5) is 26.1. The third-order valence-corrected chi connectivity index (χ3v) is 5.26. The molecule has 1 N–H and O–H groups in total. The highest BCUT2D eigenvalue weighted by atomic mass is 16.6. The van der Waals surface area contributed by atoms with Gasteiger partial charge in [-0.3, -0.25) is 15.1 Å². The number of carbonyl (C=O) groups is 1. The van der Waals surface area contributed by atoms with E-state index >= 15 is 0 Å². The minimum absolute atomic E-state index is 0.0149. The van der Waals surface area contributed by atoms with Gasteiger partial charge in [0.2, 0.25) is 0 Å². The SMILES string of the molecule is CCOC(=O)/C=C(\C)N1N=C(c2cccc([N+](=O)[O-])c2)C[C@@H]1c1c[nH]c2ccccc12. The Hall–Kier alpha value is -3.94. The Labute approximate surface area is 179 Å². The van der Waals surface area contributed by atoms with Crippen LogP contribution >= 0.6 is 0 Å². The molecule has 2 heterocycles. The summed E-state index contributed by atoms with van der Waals surface area (Å²) in [5.74, 6) is -0.434. The highest BCUT2D eigenvalue weighted by Crippen LogP contribution is 2.38. The Bertz CT molecular complexity index is 1210. The molecule has 0 spiro atoms. The van der Waals surface area contributed by atoms with Crippen molar-refractivity contribution in [2.24, 2.45) is 5.10 Å². The number of aromatic amines is 1. The molecule has 1 aliphatic heterocycles. The van der Waals surface area contributed by atoms with Crippen LogP contribution in [0.5, 0.6) is 0 Å².